The molecule has 0 radical (unpaired) electrons. The lowest BCUT2D eigenvalue weighted by Crippen LogP contribution is -2.37. The van der Waals surface area contributed by atoms with Gasteiger partial charge in [-0.2, -0.15) is 11.8 Å². The van der Waals surface area contributed by atoms with Crippen molar-refractivity contribution in [2.75, 3.05) is 17.6 Å². The molecule has 5 heteroatoms. The summed E-state index contributed by atoms with van der Waals surface area (Å²) in [7, 11) is 0. The van der Waals surface area contributed by atoms with E-state index in [-0.39, 0.29) is 15.8 Å². The third kappa shape index (κ3) is 3.32. The van der Waals surface area contributed by atoms with Gasteiger partial charge < -0.3 is 9.88 Å². The molecule has 2 rings (SSSR count). The van der Waals surface area contributed by atoms with E-state index in [0.717, 1.165) is 6.54 Å². The van der Waals surface area contributed by atoms with Gasteiger partial charge in [-0.15, -0.1) is 0 Å². The molecule has 1 aliphatic heterocycles. The Morgan fingerprint density at radius 2 is 2.26 bits per heavy atom. The zero-order valence-electron chi connectivity index (χ0n) is 12.2. The molecule has 0 saturated carbocycles. The van der Waals surface area contributed by atoms with Crippen molar-refractivity contribution in [1.82, 2.24) is 9.55 Å². The van der Waals surface area contributed by atoms with E-state index >= 15 is 0 Å². The maximum absolute atomic E-state index is 12.4. The van der Waals surface area contributed by atoms with Gasteiger partial charge in [0.15, 0.2) is 5.82 Å². The molecule has 0 amide bonds. The van der Waals surface area contributed by atoms with Gasteiger partial charge in [0, 0.05) is 29.2 Å². The highest BCUT2D eigenvalue weighted by atomic mass is 32.2. The molecule has 1 aromatic heterocycles. The van der Waals surface area contributed by atoms with Crippen molar-refractivity contribution in [3.05, 3.63) is 22.7 Å². The van der Waals surface area contributed by atoms with Crippen LogP contribution in [0.25, 0.3) is 0 Å². The second-order valence-corrected chi connectivity index (χ2v) is 8.06. The molecule has 1 unspecified atom stereocenters. The Bertz CT molecular complexity index is 498. The highest BCUT2D eigenvalue weighted by Gasteiger charge is 2.29. The van der Waals surface area contributed by atoms with Gasteiger partial charge >= 0.3 is 0 Å². The Hall–Kier alpha value is -0.970. The second-order valence-electron chi connectivity index (χ2n) is 6.38. The Balaban J connectivity index is 2.15. The molecule has 106 valence electrons. The first-order valence-electron chi connectivity index (χ1n) is 6.78. The lowest BCUT2D eigenvalue weighted by Gasteiger charge is -2.25. The van der Waals surface area contributed by atoms with Crippen LogP contribution in [0.2, 0.25) is 0 Å². The number of thioether (sulfide) groups is 1. The van der Waals surface area contributed by atoms with Crippen LogP contribution < -0.4 is 10.9 Å². The first-order chi connectivity index (χ1) is 8.82. The van der Waals surface area contributed by atoms with Crippen molar-refractivity contribution in [1.29, 1.82) is 0 Å². The van der Waals surface area contributed by atoms with Gasteiger partial charge in [0.2, 0.25) is 0 Å². The predicted molar refractivity (Wildman–Crippen MR) is 82.1 cm³/mol. The van der Waals surface area contributed by atoms with Crippen molar-refractivity contribution in [2.24, 2.45) is 0 Å². The molecule has 1 aromatic rings. The van der Waals surface area contributed by atoms with Crippen molar-refractivity contribution in [2.45, 2.75) is 50.8 Å². The van der Waals surface area contributed by atoms with Crippen LogP contribution in [-0.4, -0.2) is 26.6 Å². The van der Waals surface area contributed by atoms with Crippen LogP contribution >= 0.6 is 11.8 Å². The average Bonchev–Trinajstić information content (AvgIpc) is 2.74. The third-order valence-corrected chi connectivity index (χ3v) is 5.03. The Morgan fingerprint density at radius 1 is 1.53 bits per heavy atom. The Labute approximate surface area is 119 Å². The minimum atomic E-state index is -0.220. The van der Waals surface area contributed by atoms with Crippen LogP contribution in [0.4, 0.5) is 5.82 Å². The zero-order valence-corrected chi connectivity index (χ0v) is 13.0. The van der Waals surface area contributed by atoms with E-state index in [0.29, 0.717) is 5.82 Å². The second kappa shape index (κ2) is 5.19. The summed E-state index contributed by atoms with van der Waals surface area (Å²) in [4.78, 5) is 16.5. The van der Waals surface area contributed by atoms with Crippen LogP contribution in [0.1, 0.15) is 40.5 Å². The molecule has 0 aromatic carbocycles. The van der Waals surface area contributed by atoms with Crippen molar-refractivity contribution in [3.8, 4) is 0 Å². The summed E-state index contributed by atoms with van der Waals surface area (Å²) >= 11 is 1.98. The largest absolute Gasteiger partial charge is 0.364 e. The third-order valence-electron chi connectivity index (χ3n) is 3.49. The van der Waals surface area contributed by atoms with Crippen LogP contribution in [0.5, 0.6) is 0 Å². The standard InChI is InChI=1S/C14H23N3OS/c1-13(2,3)17-8-7-15-11(12(17)18)16-10-14(4)6-5-9-19-14/h7-8H,5-6,9-10H2,1-4H3,(H,15,16). The van der Waals surface area contributed by atoms with Gasteiger partial charge in [-0.3, -0.25) is 4.79 Å². The molecule has 0 bridgehead atoms. The lowest BCUT2D eigenvalue weighted by atomic mass is 10.1. The smallest absolute Gasteiger partial charge is 0.293 e. The topological polar surface area (TPSA) is 46.9 Å². The Morgan fingerprint density at radius 3 is 2.84 bits per heavy atom. The molecule has 2 heterocycles. The number of nitrogens with zero attached hydrogens (tertiary/aromatic N) is 2. The van der Waals surface area contributed by atoms with E-state index in [1.54, 1.807) is 17.0 Å². The maximum atomic E-state index is 12.4. The minimum absolute atomic E-state index is 0.0402. The number of nitrogens with one attached hydrogen (secondary N) is 1. The van der Waals surface area contributed by atoms with Gasteiger partial charge in [0.05, 0.1) is 0 Å². The van der Waals surface area contributed by atoms with Crippen LogP contribution in [-0.2, 0) is 5.54 Å². The predicted octanol–water partition coefficient (Wildman–Crippen LogP) is 2.70. The molecule has 4 nitrogen and oxygen atoms in total. The molecule has 1 saturated heterocycles. The zero-order chi connectivity index (χ0) is 14.1. The normalized spacial score (nSPS) is 23.6. The fourth-order valence-corrected chi connectivity index (χ4v) is 3.55. The van der Waals surface area contributed by atoms with Crippen molar-refractivity contribution >= 4 is 17.6 Å². The molecule has 1 fully saturated rings. The number of rotatable bonds is 3. The van der Waals surface area contributed by atoms with E-state index in [2.05, 4.69) is 17.2 Å². The molecule has 19 heavy (non-hydrogen) atoms. The van der Waals surface area contributed by atoms with E-state index in [1.165, 1.54) is 18.6 Å². The minimum Gasteiger partial charge on any atom is -0.364 e. The summed E-state index contributed by atoms with van der Waals surface area (Å²) in [5.74, 6) is 1.68. The summed E-state index contributed by atoms with van der Waals surface area (Å²) in [5.41, 5.74) is -0.260. The molecule has 0 spiro atoms. The maximum Gasteiger partial charge on any atom is 0.293 e. The fourth-order valence-electron chi connectivity index (χ4n) is 2.31. The summed E-state index contributed by atoms with van der Waals surface area (Å²) in [5, 5.41) is 3.24. The number of aromatic nitrogens is 2. The van der Waals surface area contributed by atoms with Gasteiger partial charge in [-0.25, -0.2) is 4.98 Å². The summed E-state index contributed by atoms with van der Waals surface area (Å²) in [6, 6.07) is 0. The molecule has 1 N–H and O–H groups in total. The fraction of sp³-hybridized carbons (Fsp3) is 0.714. The number of hydrogen-bond donors (Lipinski definition) is 1. The van der Waals surface area contributed by atoms with E-state index in [1.807, 2.05) is 32.5 Å². The molecule has 0 aliphatic carbocycles. The SMILES string of the molecule is CC1(CNc2nccn(C(C)(C)C)c2=O)CCCS1. The van der Waals surface area contributed by atoms with E-state index in [9.17, 15) is 4.79 Å². The van der Waals surface area contributed by atoms with Crippen molar-refractivity contribution < 1.29 is 0 Å². The van der Waals surface area contributed by atoms with Gasteiger partial charge in [0.1, 0.15) is 0 Å². The quantitative estimate of drug-likeness (QED) is 0.925. The number of anilines is 1. The first-order valence-corrected chi connectivity index (χ1v) is 7.76. The molecule has 1 aliphatic rings. The van der Waals surface area contributed by atoms with Gasteiger partial charge in [-0.05, 0) is 46.3 Å². The lowest BCUT2D eigenvalue weighted by molar-refractivity contribution is 0.383. The summed E-state index contributed by atoms with van der Waals surface area (Å²) in [6.07, 6.45) is 5.90. The van der Waals surface area contributed by atoms with Gasteiger partial charge in [0.25, 0.3) is 5.56 Å². The number of hydrogen-bond acceptors (Lipinski definition) is 4. The highest BCUT2D eigenvalue weighted by Crippen LogP contribution is 2.37. The summed E-state index contributed by atoms with van der Waals surface area (Å²) in [6.45, 7) is 9.11. The molecular weight excluding hydrogens is 258 g/mol. The van der Waals surface area contributed by atoms with Gasteiger partial charge in [-0.1, -0.05) is 0 Å². The summed E-state index contributed by atoms with van der Waals surface area (Å²) < 4.78 is 1.96. The van der Waals surface area contributed by atoms with Crippen LogP contribution in [0.15, 0.2) is 17.2 Å². The molecule has 1 atom stereocenters. The first kappa shape index (κ1) is 14.4. The Kier molecular flexibility index (Phi) is 3.95. The van der Waals surface area contributed by atoms with Crippen LogP contribution in [0, 0.1) is 0 Å². The van der Waals surface area contributed by atoms with Crippen LogP contribution in [0.3, 0.4) is 0 Å². The molecular formula is C14H23N3OS. The highest BCUT2D eigenvalue weighted by molar-refractivity contribution is 8.00. The monoisotopic (exact) mass is 281 g/mol. The average molecular weight is 281 g/mol. The van der Waals surface area contributed by atoms with E-state index < -0.39 is 0 Å². The van der Waals surface area contributed by atoms with E-state index in [4.69, 9.17) is 0 Å². The van der Waals surface area contributed by atoms with Crippen molar-refractivity contribution in [3.63, 3.8) is 0 Å².